The van der Waals surface area contributed by atoms with Gasteiger partial charge in [-0.1, -0.05) is 56.3 Å². The molecule has 0 radical (unpaired) electrons. The molecule has 0 bridgehead atoms. The van der Waals surface area contributed by atoms with Gasteiger partial charge in [-0.15, -0.1) is 0 Å². The molecule has 0 spiro atoms. The monoisotopic (exact) mass is 364 g/mol. The fourth-order valence-corrected chi connectivity index (χ4v) is 7.83. The van der Waals surface area contributed by atoms with Crippen LogP contribution in [0.15, 0.2) is 42.5 Å². The Morgan fingerprint density at radius 3 is 2.56 bits per heavy atom. The van der Waals surface area contributed by atoms with Crippen LogP contribution in [0.2, 0.25) is 0 Å². The normalized spacial score (nSPS) is 45.8. The summed E-state index contributed by atoms with van der Waals surface area (Å²) in [7, 11) is 0. The van der Waals surface area contributed by atoms with E-state index in [2.05, 4.69) is 56.3 Å². The van der Waals surface area contributed by atoms with Crippen molar-refractivity contribution in [1.82, 2.24) is 0 Å². The molecule has 4 aliphatic carbocycles. The van der Waals surface area contributed by atoms with Crippen LogP contribution in [0.1, 0.15) is 70.8 Å². The Bertz CT molecular complexity index is 693. The van der Waals surface area contributed by atoms with Crippen LogP contribution in [0.5, 0.6) is 0 Å². The minimum atomic E-state index is 0.406. The van der Waals surface area contributed by atoms with Crippen molar-refractivity contribution in [2.75, 3.05) is 0 Å². The Kier molecular flexibility index (Phi) is 4.50. The van der Waals surface area contributed by atoms with Crippen molar-refractivity contribution in [3.8, 4) is 0 Å². The second-order valence-electron chi connectivity index (χ2n) is 10.5. The molecule has 3 saturated carbocycles. The Morgan fingerprint density at radius 2 is 1.70 bits per heavy atom. The average molecular weight is 365 g/mol. The molecule has 4 aliphatic rings. The van der Waals surface area contributed by atoms with E-state index in [1.54, 1.807) is 0 Å². The maximum Gasteiger partial charge on any atom is 0.0720 e. The predicted octanol–water partition coefficient (Wildman–Crippen LogP) is 6.78. The standard InChI is InChI=1S/C26H36O/c1-25-16-7-6-10-20(25)11-12-21-22-13-14-24(26(22,2)17-15-23(21)25)27-18-19-8-4-3-5-9-19/h3-9,20-24H,10-18H2,1-2H3/t20-,21-,22+,23+,24+,25+,26+/m1/s1. The van der Waals surface area contributed by atoms with Crippen LogP contribution < -0.4 is 0 Å². The minimum absolute atomic E-state index is 0.406. The van der Waals surface area contributed by atoms with E-state index in [4.69, 9.17) is 4.74 Å². The number of rotatable bonds is 3. The van der Waals surface area contributed by atoms with Gasteiger partial charge in [0.15, 0.2) is 0 Å². The van der Waals surface area contributed by atoms with E-state index in [1.165, 1.54) is 56.9 Å². The summed E-state index contributed by atoms with van der Waals surface area (Å²) in [5.74, 6) is 3.73. The Hall–Kier alpha value is -1.08. The number of hydrogen-bond donors (Lipinski definition) is 0. The summed E-state index contributed by atoms with van der Waals surface area (Å²) >= 11 is 0. The molecule has 3 fully saturated rings. The first-order chi connectivity index (χ1) is 13.1. The van der Waals surface area contributed by atoms with Crippen LogP contribution in [-0.2, 0) is 11.3 Å². The van der Waals surface area contributed by atoms with Crippen LogP contribution in [0.4, 0.5) is 0 Å². The first kappa shape index (κ1) is 18.0. The van der Waals surface area contributed by atoms with Crippen molar-refractivity contribution < 1.29 is 4.74 Å². The van der Waals surface area contributed by atoms with E-state index in [1.807, 2.05) is 0 Å². The maximum absolute atomic E-state index is 6.56. The second kappa shape index (κ2) is 6.76. The van der Waals surface area contributed by atoms with Gasteiger partial charge in [0.05, 0.1) is 12.7 Å². The molecule has 1 aromatic rings. The minimum Gasteiger partial charge on any atom is -0.373 e. The predicted molar refractivity (Wildman–Crippen MR) is 111 cm³/mol. The molecular weight excluding hydrogens is 328 g/mol. The Morgan fingerprint density at radius 1 is 0.889 bits per heavy atom. The lowest BCUT2D eigenvalue weighted by Crippen LogP contribution is -2.53. The fourth-order valence-electron chi connectivity index (χ4n) is 7.83. The van der Waals surface area contributed by atoms with Crippen molar-refractivity contribution in [3.63, 3.8) is 0 Å². The smallest absolute Gasteiger partial charge is 0.0720 e. The van der Waals surface area contributed by atoms with Crippen molar-refractivity contribution in [2.24, 2.45) is 34.5 Å². The number of hydrogen-bond acceptors (Lipinski definition) is 1. The van der Waals surface area contributed by atoms with Gasteiger partial charge in [0.25, 0.3) is 0 Å². The van der Waals surface area contributed by atoms with Gasteiger partial charge in [0.2, 0.25) is 0 Å². The van der Waals surface area contributed by atoms with Crippen LogP contribution in [-0.4, -0.2) is 6.10 Å². The van der Waals surface area contributed by atoms with Gasteiger partial charge in [0.1, 0.15) is 0 Å². The summed E-state index contributed by atoms with van der Waals surface area (Å²) in [5, 5.41) is 0. The molecule has 1 heteroatoms. The van der Waals surface area contributed by atoms with Crippen molar-refractivity contribution >= 4 is 0 Å². The summed E-state index contributed by atoms with van der Waals surface area (Å²) in [5.41, 5.74) is 2.30. The first-order valence-electron chi connectivity index (χ1n) is 11.4. The van der Waals surface area contributed by atoms with E-state index in [0.29, 0.717) is 16.9 Å². The summed E-state index contributed by atoms with van der Waals surface area (Å²) in [6.07, 6.45) is 16.5. The molecule has 0 heterocycles. The first-order valence-corrected chi connectivity index (χ1v) is 11.4. The molecule has 0 aliphatic heterocycles. The number of allylic oxidation sites excluding steroid dienone is 2. The summed E-state index contributed by atoms with van der Waals surface area (Å²) in [6, 6.07) is 10.7. The zero-order valence-corrected chi connectivity index (χ0v) is 17.2. The van der Waals surface area contributed by atoms with Crippen LogP contribution in [0.3, 0.4) is 0 Å². The van der Waals surface area contributed by atoms with Crippen LogP contribution >= 0.6 is 0 Å². The highest BCUT2D eigenvalue weighted by atomic mass is 16.5. The van der Waals surface area contributed by atoms with Gasteiger partial charge >= 0.3 is 0 Å². The van der Waals surface area contributed by atoms with Crippen LogP contribution in [0.25, 0.3) is 0 Å². The van der Waals surface area contributed by atoms with E-state index in [-0.39, 0.29) is 0 Å². The topological polar surface area (TPSA) is 9.23 Å². The molecule has 27 heavy (non-hydrogen) atoms. The van der Waals surface area contributed by atoms with Gasteiger partial charge in [-0.25, -0.2) is 0 Å². The van der Waals surface area contributed by atoms with Gasteiger partial charge in [-0.05, 0) is 91.4 Å². The average Bonchev–Trinajstić information content (AvgIpc) is 3.03. The Labute approximate surface area is 165 Å². The number of fused-ring (bicyclic) bond motifs is 5. The maximum atomic E-state index is 6.56. The van der Waals surface area contributed by atoms with Crippen LogP contribution in [0, 0.1) is 34.5 Å². The summed E-state index contributed by atoms with van der Waals surface area (Å²) < 4.78 is 6.56. The number of ether oxygens (including phenoxy) is 1. The zero-order valence-electron chi connectivity index (χ0n) is 17.2. The van der Waals surface area contributed by atoms with Crippen molar-refractivity contribution in [3.05, 3.63) is 48.0 Å². The molecule has 1 nitrogen and oxygen atoms in total. The highest BCUT2D eigenvalue weighted by Crippen LogP contribution is 2.66. The van der Waals surface area contributed by atoms with Crippen molar-refractivity contribution in [2.45, 2.75) is 77.9 Å². The summed E-state index contributed by atoms with van der Waals surface area (Å²) in [4.78, 5) is 0. The quantitative estimate of drug-likeness (QED) is 0.537. The van der Waals surface area contributed by atoms with Gasteiger partial charge < -0.3 is 4.74 Å². The van der Waals surface area contributed by atoms with Gasteiger partial charge in [-0.2, -0.15) is 0 Å². The molecule has 0 amide bonds. The third kappa shape index (κ3) is 2.84. The third-order valence-corrected chi connectivity index (χ3v) is 9.42. The van der Waals surface area contributed by atoms with E-state index < -0.39 is 0 Å². The molecule has 0 N–H and O–H groups in total. The lowest BCUT2D eigenvalue weighted by Gasteiger charge is -2.59. The molecule has 0 unspecified atom stereocenters. The largest absolute Gasteiger partial charge is 0.373 e. The molecule has 5 rings (SSSR count). The fraction of sp³-hybridized carbons (Fsp3) is 0.692. The molecule has 0 aromatic heterocycles. The zero-order chi connectivity index (χ0) is 18.5. The van der Waals surface area contributed by atoms with E-state index >= 15 is 0 Å². The molecule has 1 aromatic carbocycles. The number of benzene rings is 1. The molecule has 7 atom stereocenters. The SMILES string of the molecule is C[C@]12CC=CC[C@@H]1CC[C@H]1[C@@H]2CC[C@]2(C)[C@@H](OCc3ccccc3)CC[C@@H]12. The highest BCUT2D eigenvalue weighted by molar-refractivity contribution is 5.15. The van der Waals surface area contributed by atoms with E-state index in [0.717, 1.165) is 30.3 Å². The third-order valence-electron chi connectivity index (χ3n) is 9.42. The lowest BCUT2D eigenvalue weighted by atomic mass is 9.46. The van der Waals surface area contributed by atoms with Gasteiger partial charge in [-0.3, -0.25) is 0 Å². The van der Waals surface area contributed by atoms with E-state index in [9.17, 15) is 0 Å². The molecule has 146 valence electrons. The molecular formula is C26H36O. The molecule has 0 saturated heterocycles. The highest BCUT2D eigenvalue weighted by Gasteiger charge is 2.59. The van der Waals surface area contributed by atoms with Gasteiger partial charge in [0, 0.05) is 0 Å². The Balaban J connectivity index is 1.33. The van der Waals surface area contributed by atoms with Crippen molar-refractivity contribution in [1.29, 1.82) is 0 Å². The summed E-state index contributed by atoms with van der Waals surface area (Å²) in [6.45, 7) is 6.00. The lowest BCUT2D eigenvalue weighted by molar-refractivity contribution is -0.124. The second-order valence-corrected chi connectivity index (χ2v) is 10.5.